The molecule has 3 nitrogen and oxygen atoms in total. The summed E-state index contributed by atoms with van der Waals surface area (Å²) in [5, 5.41) is 3.68. The van der Waals surface area contributed by atoms with Crippen molar-refractivity contribution in [3.8, 4) is 5.75 Å². The number of benzene rings is 1. The van der Waals surface area contributed by atoms with Gasteiger partial charge in [-0.3, -0.25) is 0 Å². The van der Waals surface area contributed by atoms with Crippen LogP contribution in [0.4, 0.5) is 0 Å². The Bertz CT molecular complexity index is 412. The highest BCUT2D eigenvalue weighted by molar-refractivity contribution is 5.33. The van der Waals surface area contributed by atoms with E-state index < -0.39 is 0 Å². The lowest BCUT2D eigenvalue weighted by molar-refractivity contribution is 0.189. The van der Waals surface area contributed by atoms with Crippen molar-refractivity contribution in [2.24, 2.45) is 5.41 Å². The molecule has 1 rings (SSSR count). The summed E-state index contributed by atoms with van der Waals surface area (Å²) in [6, 6.07) is 8.74. The van der Waals surface area contributed by atoms with Gasteiger partial charge >= 0.3 is 0 Å². The lowest BCUT2D eigenvalue weighted by Gasteiger charge is -2.35. The first-order chi connectivity index (χ1) is 9.88. The molecule has 0 aromatic heterocycles. The molecule has 3 heteroatoms. The summed E-state index contributed by atoms with van der Waals surface area (Å²) in [6.07, 6.45) is 1.17. The molecular formula is C18H32N2O. The van der Waals surface area contributed by atoms with Gasteiger partial charge in [-0.25, -0.2) is 0 Å². The van der Waals surface area contributed by atoms with Gasteiger partial charge in [0.05, 0.1) is 7.11 Å². The standard InChI is InChI=1S/C18H32N2O/c1-7-12-19-17(18(2,3)4)14-20(5)13-15-10-8-9-11-16(15)21-6/h8-11,17,19H,7,12-14H2,1-6H3. The highest BCUT2D eigenvalue weighted by atomic mass is 16.5. The summed E-state index contributed by atoms with van der Waals surface area (Å²) in [6.45, 7) is 12.1. The number of likely N-dealkylation sites (N-methyl/N-ethyl adjacent to an activating group) is 1. The average Bonchev–Trinajstić information content (AvgIpc) is 2.42. The molecule has 0 spiro atoms. The summed E-state index contributed by atoms with van der Waals surface area (Å²) in [5.74, 6) is 0.971. The van der Waals surface area contributed by atoms with Crippen LogP contribution in [-0.2, 0) is 6.54 Å². The van der Waals surface area contributed by atoms with Gasteiger partial charge < -0.3 is 15.0 Å². The third kappa shape index (κ3) is 6.06. The van der Waals surface area contributed by atoms with E-state index in [2.05, 4.69) is 57.1 Å². The molecule has 21 heavy (non-hydrogen) atoms. The maximum absolute atomic E-state index is 5.44. The minimum atomic E-state index is 0.254. The average molecular weight is 292 g/mol. The van der Waals surface area contributed by atoms with Gasteiger partial charge in [-0.2, -0.15) is 0 Å². The number of hydrogen-bond donors (Lipinski definition) is 1. The third-order valence-electron chi connectivity index (χ3n) is 3.81. The molecule has 0 bridgehead atoms. The molecule has 0 aliphatic carbocycles. The zero-order valence-electron chi connectivity index (χ0n) is 14.6. The van der Waals surface area contributed by atoms with Crippen LogP contribution in [0, 0.1) is 5.41 Å². The van der Waals surface area contributed by atoms with Crippen LogP contribution in [-0.4, -0.2) is 38.2 Å². The molecule has 0 heterocycles. The number of rotatable bonds is 8. The van der Waals surface area contributed by atoms with Crippen molar-refractivity contribution in [1.82, 2.24) is 10.2 Å². The smallest absolute Gasteiger partial charge is 0.123 e. The molecule has 0 aliphatic heterocycles. The van der Waals surface area contributed by atoms with Gasteiger partial charge in [0.15, 0.2) is 0 Å². The summed E-state index contributed by atoms with van der Waals surface area (Å²) in [4.78, 5) is 2.37. The Hall–Kier alpha value is -1.06. The maximum atomic E-state index is 5.44. The second-order valence-electron chi connectivity index (χ2n) is 6.88. The van der Waals surface area contributed by atoms with Gasteiger partial charge in [0.25, 0.3) is 0 Å². The molecule has 0 radical (unpaired) electrons. The molecular weight excluding hydrogens is 260 g/mol. The van der Waals surface area contributed by atoms with E-state index in [9.17, 15) is 0 Å². The predicted molar refractivity (Wildman–Crippen MR) is 90.9 cm³/mol. The number of nitrogens with one attached hydrogen (secondary N) is 1. The zero-order chi connectivity index (χ0) is 15.9. The van der Waals surface area contributed by atoms with Gasteiger partial charge in [0, 0.05) is 24.7 Å². The molecule has 1 N–H and O–H groups in total. The van der Waals surface area contributed by atoms with E-state index in [0.717, 1.165) is 25.4 Å². The van der Waals surface area contributed by atoms with E-state index in [1.807, 2.05) is 12.1 Å². The first kappa shape index (κ1) is 18.0. The number of para-hydroxylation sites is 1. The van der Waals surface area contributed by atoms with E-state index in [-0.39, 0.29) is 5.41 Å². The van der Waals surface area contributed by atoms with Crippen LogP contribution >= 0.6 is 0 Å². The van der Waals surface area contributed by atoms with Crippen LogP contribution in [0.3, 0.4) is 0 Å². The molecule has 0 saturated carbocycles. The molecule has 1 aromatic carbocycles. The summed E-state index contributed by atoms with van der Waals surface area (Å²) in [5.41, 5.74) is 1.50. The van der Waals surface area contributed by atoms with E-state index in [1.165, 1.54) is 12.0 Å². The SMILES string of the molecule is CCCNC(CN(C)Cc1ccccc1OC)C(C)(C)C. The lowest BCUT2D eigenvalue weighted by Crippen LogP contribution is -2.47. The minimum Gasteiger partial charge on any atom is -0.496 e. The van der Waals surface area contributed by atoms with Gasteiger partial charge in [-0.15, -0.1) is 0 Å². The highest BCUT2D eigenvalue weighted by Gasteiger charge is 2.25. The van der Waals surface area contributed by atoms with Gasteiger partial charge in [-0.1, -0.05) is 45.9 Å². The van der Waals surface area contributed by atoms with Crippen LogP contribution in [0.15, 0.2) is 24.3 Å². The van der Waals surface area contributed by atoms with Crippen molar-refractivity contribution in [1.29, 1.82) is 0 Å². The van der Waals surface area contributed by atoms with Crippen LogP contribution in [0.25, 0.3) is 0 Å². The largest absolute Gasteiger partial charge is 0.496 e. The van der Waals surface area contributed by atoms with E-state index in [1.54, 1.807) is 7.11 Å². The van der Waals surface area contributed by atoms with Gasteiger partial charge in [-0.05, 0) is 31.5 Å². The Kier molecular flexibility index (Phi) is 7.20. The van der Waals surface area contributed by atoms with Gasteiger partial charge in [0.1, 0.15) is 5.75 Å². The topological polar surface area (TPSA) is 24.5 Å². The Morgan fingerprint density at radius 2 is 1.90 bits per heavy atom. The number of methoxy groups -OCH3 is 1. The van der Waals surface area contributed by atoms with Crippen molar-refractivity contribution in [3.05, 3.63) is 29.8 Å². The van der Waals surface area contributed by atoms with Crippen LogP contribution in [0.2, 0.25) is 0 Å². The number of hydrogen-bond acceptors (Lipinski definition) is 3. The minimum absolute atomic E-state index is 0.254. The molecule has 0 fully saturated rings. The summed E-state index contributed by atoms with van der Waals surface area (Å²) >= 11 is 0. The fraction of sp³-hybridized carbons (Fsp3) is 0.667. The zero-order valence-corrected chi connectivity index (χ0v) is 14.6. The fourth-order valence-corrected chi connectivity index (χ4v) is 2.46. The Labute approximate surface area is 130 Å². The quantitative estimate of drug-likeness (QED) is 0.793. The van der Waals surface area contributed by atoms with E-state index >= 15 is 0 Å². The lowest BCUT2D eigenvalue weighted by atomic mass is 9.86. The third-order valence-corrected chi connectivity index (χ3v) is 3.81. The normalized spacial score (nSPS) is 13.5. The number of ether oxygens (including phenoxy) is 1. The second kappa shape index (κ2) is 8.40. The van der Waals surface area contributed by atoms with Crippen LogP contribution < -0.4 is 10.1 Å². The first-order valence-electron chi connectivity index (χ1n) is 7.92. The molecule has 120 valence electrons. The van der Waals surface area contributed by atoms with E-state index in [4.69, 9.17) is 4.74 Å². The predicted octanol–water partition coefficient (Wildman–Crippen LogP) is 3.54. The molecule has 1 aromatic rings. The Balaban J connectivity index is 2.67. The second-order valence-corrected chi connectivity index (χ2v) is 6.88. The molecule has 0 saturated heterocycles. The monoisotopic (exact) mass is 292 g/mol. The maximum Gasteiger partial charge on any atom is 0.123 e. The Morgan fingerprint density at radius 3 is 2.48 bits per heavy atom. The molecule has 0 amide bonds. The van der Waals surface area contributed by atoms with Crippen molar-refractivity contribution < 1.29 is 4.74 Å². The van der Waals surface area contributed by atoms with E-state index in [0.29, 0.717) is 6.04 Å². The van der Waals surface area contributed by atoms with Crippen molar-refractivity contribution in [3.63, 3.8) is 0 Å². The van der Waals surface area contributed by atoms with Crippen molar-refractivity contribution in [2.75, 3.05) is 27.2 Å². The number of nitrogens with zero attached hydrogens (tertiary/aromatic N) is 1. The van der Waals surface area contributed by atoms with Crippen LogP contribution in [0.1, 0.15) is 39.7 Å². The molecule has 1 atom stereocenters. The first-order valence-corrected chi connectivity index (χ1v) is 7.92. The fourth-order valence-electron chi connectivity index (χ4n) is 2.46. The van der Waals surface area contributed by atoms with Crippen molar-refractivity contribution >= 4 is 0 Å². The van der Waals surface area contributed by atoms with Gasteiger partial charge in [0.2, 0.25) is 0 Å². The van der Waals surface area contributed by atoms with Crippen LogP contribution in [0.5, 0.6) is 5.75 Å². The Morgan fingerprint density at radius 1 is 1.24 bits per heavy atom. The molecule has 0 aliphatic rings. The summed E-state index contributed by atoms with van der Waals surface area (Å²) < 4.78 is 5.44. The summed E-state index contributed by atoms with van der Waals surface area (Å²) in [7, 11) is 3.92. The highest BCUT2D eigenvalue weighted by Crippen LogP contribution is 2.22. The molecule has 1 unspecified atom stereocenters. The van der Waals surface area contributed by atoms with Crippen molar-refractivity contribution in [2.45, 2.75) is 46.7 Å².